The fourth-order valence-electron chi connectivity index (χ4n) is 1.56. The predicted molar refractivity (Wildman–Crippen MR) is 86.1 cm³/mol. The molecular formula is C12H19BrClNO2S2. The van der Waals surface area contributed by atoms with E-state index in [9.17, 15) is 8.42 Å². The highest BCUT2D eigenvalue weighted by Gasteiger charge is 2.23. The van der Waals surface area contributed by atoms with Crippen molar-refractivity contribution in [2.45, 2.75) is 37.8 Å². The Bertz CT molecular complexity index is 506. The Balaban J connectivity index is 2.70. The molecule has 1 heterocycles. The molecule has 110 valence electrons. The monoisotopic (exact) mass is 387 g/mol. The van der Waals surface area contributed by atoms with E-state index in [1.807, 2.05) is 0 Å². The Morgan fingerprint density at radius 3 is 2.58 bits per heavy atom. The highest BCUT2D eigenvalue weighted by molar-refractivity contribution is 9.09. The van der Waals surface area contributed by atoms with Crippen LogP contribution in [0.1, 0.15) is 32.3 Å². The quantitative estimate of drug-likeness (QED) is 0.712. The van der Waals surface area contributed by atoms with E-state index in [2.05, 4.69) is 34.5 Å². The molecule has 0 aliphatic heterocycles. The molecule has 0 saturated heterocycles. The number of halogens is 2. The summed E-state index contributed by atoms with van der Waals surface area (Å²) in [5, 5.41) is 0.933. The minimum Gasteiger partial charge on any atom is -0.210 e. The van der Waals surface area contributed by atoms with Gasteiger partial charge in [0, 0.05) is 11.9 Å². The zero-order valence-corrected chi connectivity index (χ0v) is 15.3. The molecule has 19 heavy (non-hydrogen) atoms. The lowest BCUT2D eigenvalue weighted by molar-refractivity contribution is 0.332. The molecule has 0 aromatic carbocycles. The van der Waals surface area contributed by atoms with Crippen LogP contribution in [0.3, 0.4) is 0 Å². The van der Waals surface area contributed by atoms with Gasteiger partial charge in [0.15, 0.2) is 0 Å². The minimum atomic E-state index is -3.45. The van der Waals surface area contributed by atoms with Crippen molar-refractivity contribution in [3.8, 4) is 0 Å². The highest BCUT2D eigenvalue weighted by Crippen LogP contribution is 2.30. The molecule has 0 unspecified atom stereocenters. The lowest BCUT2D eigenvalue weighted by Gasteiger charge is -2.24. The smallest absolute Gasteiger partial charge is 0.210 e. The van der Waals surface area contributed by atoms with Gasteiger partial charge in [0.2, 0.25) is 10.0 Å². The van der Waals surface area contributed by atoms with Crippen LogP contribution < -0.4 is 4.72 Å². The molecule has 0 fully saturated rings. The topological polar surface area (TPSA) is 46.2 Å². The molecule has 7 heteroatoms. The van der Waals surface area contributed by atoms with Crippen LogP contribution in [0.25, 0.3) is 0 Å². The molecule has 0 atom stereocenters. The predicted octanol–water partition coefficient (Wildman–Crippen LogP) is 4.19. The maximum Gasteiger partial charge on any atom is 0.250 e. The van der Waals surface area contributed by atoms with Crippen LogP contribution in [-0.2, 0) is 10.0 Å². The SMILES string of the molecule is Cc1cc(S(=O)(=O)NCC(C)(C)CCCBr)sc1Cl. The van der Waals surface area contributed by atoms with Crippen molar-refractivity contribution in [1.29, 1.82) is 0 Å². The van der Waals surface area contributed by atoms with Crippen LogP contribution in [0, 0.1) is 12.3 Å². The summed E-state index contributed by atoms with van der Waals surface area (Å²) in [6.07, 6.45) is 1.99. The van der Waals surface area contributed by atoms with Gasteiger partial charge in [0.1, 0.15) is 4.21 Å². The fourth-order valence-corrected chi connectivity index (χ4v) is 4.83. The molecule has 3 nitrogen and oxygen atoms in total. The Kier molecular flexibility index (Phi) is 6.32. The first-order valence-corrected chi connectivity index (χ1v) is 9.79. The van der Waals surface area contributed by atoms with Crippen molar-refractivity contribution in [1.82, 2.24) is 4.72 Å². The Morgan fingerprint density at radius 2 is 2.11 bits per heavy atom. The second kappa shape index (κ2) is 6.89. The number of nitrogens with one attached hydrogen (secondary N) is 1. The normalized spacial score (nSPS) is 12.9. The summed E-state index contributed by atoms with van der Waals surface area (Å²) in [6.45, 7) is 6.35. The summed E-state index contributed by atoms with van der Waals surface area (Å²) in [4.78, 5) is 0. The third-order valence-electron chi connectivity index (χ3n) is 2.83. The first-order chi connectivity index (χ1) is 8.68. The van der Waals surface area contributed by atoms with Crippen molar-refractivity contribution in [2.24, 2.45) is 5.41 Å². The minimum absolute atomic E-state index is 0.0586. The van der Waals surface area contributed by atoms with Gasteiger partial charge in [-0.1, -0.05) is 41.4 Å². The van der Waals surface area contributed by atoms with E-state index in [1.165, 1.54) is 0 Å². The number of alkyl halides is 1. The summed E-state index contributed by atoms with van der Waals surface area (Å²) in [5.74, 6) is 0. The molecule has 0 saturated carbocycles. The van der Waals surface area contributed by atoms with Gasteiger partial charge in [-0.15, -0.1) is 11.3 Å². The first kappa shape index (κ1) is 17.4. The van der Waals surface area contributed by atoms with Gasteiger partial charge in [-0.25, -0.2) is 13.1 Å². The molecule has 0 bridgehead atoms. The fraction of sp³-hybridized carbons (Fsp3) is 0.667. The van der Waals surface area contributed by atoms with E-state index in [1.54, 1.807) is 13.0 Å². The Morgan fingerprint density at radius 1 is 1.47 bits per heavy atom. The van der Waals surface area contributed by atoms with Crippen molar-refractivity contribution in [3.63, 3.8) is 0 Å². The number of aryl methyl sites for hydroxylation is 1. The zero-order valence-electron chi connectivity index (χ0n) is 11.3. The standard InChI is InChI=1S/C12H19BrClNO2S2/c1-9-7-10(18-11(9)14)19(16,17)15-8-12(2,3)5-4-6-13/h7,15H,4-6,8H2,1-3H3. The lowest BCUT2D eigenvalue weighted by Crippen LogP contribution is -2.33. The third kappa shape index (κ3) is 5.34. The zero-order chi connectivity index (χ0) is 14.7. The summed E-state index contributed by atoms with van der Waals surface area (Å²) >= 11 is 10.4. The van der Waals surface area contributed by atoms with Crippen LogP contribution in [0.4, 0.5) is 0 Å². The molecule has 0 aliphatic rings. The van der Waals surface area contributed by atoms with Crippen LogP contribution >= 0.6 is 38.9 Å². The lowest BCUT2D eigenvalue weighted by atomic mass is 9.88. The largest absolute Gasteiger partial charge is 0.250 e. The molecular weight excluding hydrogens is 370 g/mol. The maximum atomic E-state index is 12.1. The second-order valence-electron chi connectivity index (χ2n) is 5.30. The average Bonchev–Trinajstić information content (AvgIpc) is 2.66. The molecule has 0 aliphatic carbocycles. The van der Waals surface area contributed by atoms with E-state index in [0.29, 0.717) is 10.9 Å². The number of rotatable bonds is 7. The van der Waals surface area contributed by atoms with Crippen LogP contribution in [0.15, 0.2) is 10.3 Å². The Labute approximate surface area is 132 Å². The van der Waals surface area contributed by atoms with Gasteiger partial charge in [-0.3, -0.25) is 0 Å². The first-order valence-electron chi connectivity index (χ1n) is 5.99. The van der Waals surface area contributed by atoms with Gasteiger partial charge in [-0.05, 0) is 36.8 Å². The van der Waals surface area contributed by atoms with Crippen molar-refractivity contribution < 1.29 is 8.42 Å². The van der Waals surface area contributed by atoms with Crippen LogP contribution in [0.5, 0.6) is 0 Å². The molecule has 1 aromatic heterocycles. The van der Waals surface area contributed by atoms with E-state index in [-0.39, 0.29) is 9.62 Å². The number of thiophene rings is 1. The average molecular weight is 389 g/mol. The van der Waals surface area contributed by atoms with E-state index in [0.717, 1.165) is 35.1 Å². The highest BCUT2D eigenvalue weighted by atomic mass is 79.9. The summed E-state index contributed by atoms with van der Waals surface area (Å²) in [7, 11) is -3.45. The molecule has 0 radical (unpaired) electrons. The van der Waals surface area contributed by atoms with E-state index in [4.69, 9.17) is 11.6 Å². The van der Waals surface area contributed by atoms with E-state index >= 15 is 0 Å². The summed E-state index contributed by atoms with van der Waals surface area (Å²) in [6, 6.07) is 1.61. The van der Waals surface area contributed by atoms with Crippen molar-refractivity contribution >= 4 is 48.9 Å². The van der Waals surface area contributed by atoms with Crippen molar-refractivity contribution in [2.75, 3.05) is 11.9 Å². The number of sulfonamides is 1. The van der Waals surface area contributed by atoms with Crippen LogP contribution in [0.2, 0.25) is 4.34 Å². The summed E-state index contributed by atoms with van der Waals surface area (Å²) in [5.41, 5.74) is 0.738. The molecule has 1 aromatic rings. The van der Waals surface area contributed by atoms with Gasteiger partial charge >= 0.3 is 0 Å². The molecule has 1 N–H and O–H groups in total. The second-order valence-corrected chi connectivity index (χ2v) is 9.74. The molecule has 0 amide bonds. The van der Waals surface area contributed by atoms with Gasteiger partial charge in [0.25, 0.3) is 0 Å². The van der Waals surface area contributed by atoms with Gasteiger partial charge < -0.3 is 0 Å². The van der Waals surface area contributed by atoms with E-state index < -0.39 is 10.0 Å². The number of hydrogen-bond donors (Lipinski definition) is 1. The van der Waals surface area contributed by atoms with Crippen LogP contribution in [-0.4, -0.2) is 20.3 Å². The molecule has 0 spiro atoms. The maximum absolute atomic E-state index is 12.1. The van der Waals surface area contributed by atoms with Crippen molar-refractivity contribution in [3.05, 3.63) is 16.0 Å². The number of hydrogen-bond acceptors (Lipinski definition) is 3. The Hall–Kier alpha value is 0.380. The summed E-state index contributed by atoms with van der Waals surface area (Å²) < 4.78 is 27.8. The van der Waals surface area contributed by atoms with Gasteiger partial charge in [-0.2, -0.15) is 0 Å². The third-order valence-corrected chi connectivity index (χ3v) is 6.82. The molecule has 1 rings (SSSR count). The van der Waals surface area contributed by atoms with Gasteiger partial charge in [0.05, 0.1) is 4.34 Å².